The van der Waals surface area contributed by atoms with Crippen LogP contribution < -0.4 is 21.7 Å². The van der Waals surface area contributed by atoms with Crippen molar-refractivity contribution in [3.63, 3.8) is 0 Å². The molecule has 2 aromatic carbocycles. The molecule has 0 fully saturated rings. The Bertz CT molecular complexity index is 1090. The Morgan fingerprint density at radius 1 is 0.730 bits per heavy atom. The zero-order chi connectivity index (χ0) is 27.7. The lowest BCUT2D eigenvalue weighted by Gasteiger charge is -2.26. The van der Waals surface area contributed by atoms with E-state index >= 15 is 0 Å². The van der Waals surface area contributed by atoms with Crippen molar-refractivity contribution in [1.82, 2.24) is 16.0 Å². The average molecular weight is 515 g/mol. The molecule has 4 unspecified atom stereocenters. The van der Waals surface area contributed by atoms with Gasteiger partial charge in [-0.3, -0.25) is 14.4 Å². The van der Waals surface area contributed by atoms with E-state index in [0.29, 0.717) is 5.56 Å². The highest BCUT2D eigenvalue weighted by Gasteiger charge is 2.30. The van der Waals surface area contributed by atoms with Gasteiger partial charge in [-0.2, -0.15) is 0 Å². The molecule has 0 radical (unpaired) electrons. The zero-order valence-electron chi connectivity index (χ0n) is 21.0. The van der Waals surface area contributed by atoms with Crippen molar-refractivity contribution < 1.29 is 34.5 Å². The maximum absolute atomic E-state index is 12.9. The molecule has 8 N–H and O–H groups in total. The Morgan fingerprint density at radius 3 is 1.68 bits per heavy atom. The smallest absolute Gasteiger partial charge is 0.326 e. The third-order valence-electron chi connectivity index (χ3n) is 5.72. The fourth-order valence-electron chi connectivity index (χ4n) is 3.51. The monoisotopic (exact) mass is 514 g/mol. The molecule has 0 spiro atoms. The molecular weight excluding hydrogens is 480 g/mol. The molecule has 37 heavy (non-hydrogen) atoms. The van der Waals surface area contributed by atoms with Crippen molar-refractivity contribution in [3.8, 4) is 11.5 Å². The van der Waals surface area contributed by atoms with Gasteiger partial charge < -0.3 is 37.0 Å². The molecule has 0 heterocycles. The van der Waals surface area contributed by atoms with E-state index in [2.05, 4.69) is 16.0 Å². The molecule has 200 valence electrons. The van der Waals surface area contributed by atoms with Crippen LogP contribution in [0.5, 0.6) is 11.5 Å². The number of hydrogen-bond donors (Lipinski definition) is 7. The van der Waals surface area contributed by atoms with Gasteiger partial charge in [-0.05, 0) is 54.7 Å². The van der Waals surface area contributed by atoms with E-state index in [9.17, 15) is 34.5 Å². The molecule has 0 bridgehead atoms. The first kappa shape index (κ1) is 29.1. The third-order valence-corrected chi connectivity index (χ3v) is 5.72. The number of carboxylic acid groups (broad SMARTS) is 1. The quantitative estimate of drug-likeness (QED) is 0.212. The summed E-state index contributed by atoms with van der Waals surface area (Å²) in [6, 6.07) is 7.89. The predicted octanol–water partition coefficient (Wildman–Crippen LogP) is 0.425. The van der Waals surface area contributed by atoms with Crippen LogP contribution >= 0.6 is 0 Å². The minimum Gasteiger partial charge on any atom is -0.508 e. The Labute approximate surface area is 215 Å². The minimum atomic E-state index is -1.26. The van der Waals surface area contributed by atoms with Crippen LogP contribution in [0, 0.1) is 5.92 Å². The molecule has 2 aromatic rings. The number of hydrogen-bond acceptors (Lipinski definition) is 7. The molecule has 11 heteroatoms. The van der Waals surface area contributed by atoms with Crippen LogP contribution in [-0.2, 0) is 32.0 Å². The van der Waals surface area contributed by atoms with Gasteiger partial charge in [0.25, 0.3) is 0 Å². The number of phenolic OH excluding ortho intramolecular Hbond substituents is 2. The van der Waals surface area contributed by atoms with Gasteiger partial charge >= 0.3 is 5.97 Å². The Morgan fingerprint density at radius 2 is 1.22 bits per heavy atom. The number of nitrogens with two attached hydrogens (primary N) is 1. The van der Waals surface area contributed by atoms with Gasteiger partial charge in [-0.1, -0.05) is 38.1 Å². The molecule has 0 aliphatic heterocycles. The molecule has 0 saturated carbocycles. The molecule has 0 aromatic heterocycles. The minimum absolute atomic E-state index is 0.0223. The number of phenols is 2. The number of nitrogens with one attached hydrogen (secondary N) is 3. The SMILES string of the molecule is CC(NC(=O)C(N)Cc1ccc(O)cc1)C(=O)NC(C(=O)NC(Cc1ccc(O)cc1)C(=O)O)C(C)C. The van der Waals surface area contributed by atoms with Crippen molar-refractivity contribution in [1.29, 1.82) is 0 Å². The average Bonchev–Trinajstić information content (AvgIpc) is 2.84. The predicted molar refractivity (Wildman–Crippen MR) is 136 cm³/mol. The molecule has 3 amide bonds. The normalized spacial score (nSPS) is 14.2. The fraction of sp³-hybridized carbons (Fsp3) is 0.385. The third kappa shape index (κ3) is 9.12. The number of aliphatic carboxylic acids is 1. The van der Waals surface area contributed by atoms with Crippen molar-refractivity contribution >= 4 is 23.7 Å². The second kappa shape index (κ2) is 13.3. The van der Waals surface area contributed by atoms with Crippen LogP contribution in [0.3, 0.4) is 0 Å². The lowest BCUT2D eigenvalue weighted by molar-refractivity contribution is -0.142. The number of carbonyl (C=O) groups excluding carboxylic acids is 3. The van der Waals surface area contributed by atoms with E-state index in [0.717, 1.165) is 5.56 Å². The van der Waals surface area contributed by atoms with E-state index in [1.54, 1.807) is 38.1 Å². The van der Waals surface area contributed by atoms with Crippen molar-refractivity contribution in [2.45, 2.75) is 57.8 Å². The standard InChI is InChI=1S/C26H34N4O7/c1-14(2)22(25(35)29-21(26(36)37)13-17-6-10-19(32)11-7-17)30-23(33)15(3)28-24(34)20(27)12-16-4-8-18(31)9-5-16/h4-11,14-15,20-22,31-32H,12-13,27H2,1-3H3,(H,28,34)(H,29,35)(H,30,33)(H,36,37). The topological polar surface area (TPSA) is 191 Å². The van der Waals surface area contributed by atoms with Crippen molar-refractivity contribution in [3.05, 3.63) is 59.7 Å². The maximum atomic E-state index is 12.9. The molecular formula is C26H34N4O7. The summed E-state index contributed by atoms with van der Waals surface area (Å²) in [4.78, 5) is 49.9. The lowest BCUT2D eigenvalue weighted by Crippen LogP contribution is -2.58. The van der Waals surface area contributed by atoms with Gasteiger partial charge in [0.05, 0.1) is 6.04 Å². The van der Waals surface area contributed by atoms with Crippen molar-refractivity contribution in [2.24, 2.45) is 11.7 Å². The van der Waals surface area contributed by atoms with Crippen LogP contribution in [0.4, 0.5) is 0 Å². The molecule has 0 aliphatic carbocycles. The van der Waals surface area contributed by atoms with Gasteiger partial charge in [-0.25, -0.2) is 4.79 Å². The van der Waals surface area contributed by atoms with Crippen LogP contribution in [-0.4, -0.2) is 63.2 Å². The molecule has 0 saturated heterocycles. The van der Waals surface area contributed by atoms with E-state index < -0.39 is 47.9 Å². The lowest BCUT2D eigenvalue weighted by atomic mass is 10.0. The zero-order valence-corrected chi connectivity index (χ0v) is 21.0. The van der Waals surface area contributed by atoms with Crippen LogP contribution in [0.25, 0.3) is 0 Å². The number of aromatic hydroxyl groups is 2. The second-order valence-electron chi connectivity index (χ2n) is 9.21. The summed E-state index contributed by atoms with van der Waals surface area (Å²) in [6.45, 7) is 4.83. The van der Waals surface area contributed by atoms with E-state index in [-0.39, 0.29) is 30.3 Å². The van der Waals surface area contributed by atoms with E-state index in [1.165, 1.54) is 31.2 Å². The van der Waals surface area contributed by atoms with Crippen LogP contribution in [0.2, 0.25) is 0 Å². The number of rotatable bonds is 12. The first-order valence-corrected chi connectivity index (χ1v) is 11.8. The summed E-state index contributed by atoms with van der Waals surface area (Å²) in [5.41, 5.74) is 7.27. The Hall–Kier alpha value is -4.12. The van der Waals surface area contributed by atoms with E-state index in [4.69, 9.17) is 5.73 Å². The van der Waals surface area contributed by atoms with Crippen LogP contribution in [0.15, 0.2) is 48.5 Å². The number of carbonyl (C=O) groups is 4. The summed E-state index contributed by atoms with van der Waals surface area (Å²) in [5.74, 6) is -3.40. The van der Waals surface area contributed by atoms with Gasteiger partial charge in [-0.15, -0.1) is 0 Å². The number of carboxylic acids is 1. The molecule has 11 nitrogen and oxygen atoms in total. The maximum Gasteiger partial charge on any atom is 0.326 e. The highest BCUT2D eigenvalue weighted by Crippen LogP contribution is 2.13. The molecule has 4 atom stereocenters. The summed E-state index contributed by atoms with van der Waals surface area (Å²) in [7, 11) is 0. The highest BCUT2D eigenvalue weighted by atomic mass is 16.4. The first-order chi connectivity index (χ1) is 17.4. The van der Waals surface area contributed by atoms with Crippen LogP contribution in [0.1, 0.15) is 31.9 Å². The van der Waals surface area contributed by atoms with Crippen molar-refractivity contribution in [2.75, 3.05) is 0 Å². The summed E-state index contributed by atoms with van der Waals surface area (Å²) < 4.78 is 0. The molecule has 2 rings (SSSR count). The Kier molecular flexibility index (Phi) is 10.4. The fourth-order valence-corrected chi connectivity index (χ4v) is 3.51. The van der Waals surface area contributed by atoms with Gasteiger partial charge in [0, 0.05) is 6.42 Å². The Balaban J connectivity index is 1.97. The number of benzene rings is 2. The number of amides is 3. The summed E-state index contributed by atoms with van der Waals surface area (Å²) >= 11 is 0. The first-order valence-electron chi connectivity index (χ1n) is 11.8. The highest BCUT2D eigenvalue weighted by molar-refractivity contribution is 5.94. The van der Waals surface area contributed by atoms with E-state index in [1.807, 2.05) is 0 Å². The molecule has 0 aliphatic rings. The second-order valence-corrected chi connectivity index (χ2v) is 9.21. The van der Waals surface area contributed by atoms with Gasteiger partial charge in [0.1, 0.15) is 29.6 Å². The summed E-state index contributed by atoms with van der Waals surface area (Å²) in [6.07, 6.45) is 0.167. The van der Waals surface area contributed by atoms with Gasteiger partial charge in [0.15, 0.2) is 0 Å². The van der Waals surface area contributed by atoms with Gasteiger partial charge in [0.2, 0.25) is 17.7 Å². The largest absolute Gasteiger partial charge is 0.508 e. The summed E-state index contributed by atoms with van der Waals surface area (Å²) in [5, 5.41) is 35.9.